The highest BCUT2D eigenvalue weighted by Crippen LogP contribution is 2.15. The smallest absolute Gasteiger partial charge is 0.357 e. The van der Waals surface area contributed by atoms with E-state index in [1.165, 1.54) is 11.3 Å². The third-order valence-corrected chi connectivity index (χ3v) is 3.07. The molecule has 0 aliphatic carbocycles. The predicted molar refractivity (Wildman–Crippen MR) is 75.6 cm³/mol. The molecule has 7 heteroatoms. The Labute approximate surface area is 119 Å². The van der Waals surface area contributed by atoms with E-state index in [1.807, 2.05) is 6.07 Å². The summed E-state index contributed by atoms with van der Waals surface area (Å²) >= 11 is 1.20. The molecule has 0 bridgehead atoms. The number of benzene rings is 1. The number of aromatic nitrogens is 1. The van der Waals surface area contributed by atoms with Crippen LogP contribution in [-0.4, -0.2) is 23.5 Å². The summed E-state index contributed by atoms with van der Waals surface area (Å²) in [5, 5.41) is 1.98. The van der Waals surface area contributed by atoms with E-state index in [0.29, 0.717) is 17.3 Å². The third-order valence-electron chi connectivity index (χ3n) is 2.31. The van der Waals surface area contributed by atoms with Gasteiger partial charge in [0.2, 0.25) is 5.13 Å². The van der Waals surface area contributed by atoms with Gasteiger partial charge in [0.1, 0.15) is 0 Å². The number of hydrogen-bond donors (Lipinski definition) is 2. The van der Waals surface area contributed by atoms with E-state index in [9.17, 15) is 9.59 Å². The molecule has 6 nitrogen and oxygen atoms in total. The molecule has 0 saturated carbocycles. The molecule has 0 aliphatic rings. The summed E-state index contributed by atoms with van der Waals surface area (Å²) in [6.07, 6.45) is 0. The molecule has 0 fully saturated rings. The summed E-state index contributed by atoms with van der Waals surface area (Å²) in [6, 6.07) is 8.77. The Bertz CT molecular complexity index is 598. The summed E-state index contributed by atoms with van der Waals surface area (Å²) < 4.78 is 4.83. The van der Waals surface area contributed by atoms with Gasteiger partial charge in [-0.15, -0.1) is 11.3 Å². The van der Waals surface area contributed by atoms with Gasteiger partial charge in [-0.3, -0.25) is 15.6 Å². The third kappa shape index (κ3) is 3.55. The monoisotopic (exact) mass is 291 g/mol. The molecule has 0 aliphatic heterocycles. The van der Waals surface area contributed by atoms with Crippen LogP contribution in [0.3, 0.4) is 0 Å². The van der Waals surface area contributed by atoms with Crippen molar-refractivity contribution in [3.8, 4) is 0 Å². The number of carbonyl (C=O) groups is 2. The molecule has 1 aromatic carbocycles. The molecule has 2 N–H and O–H groups in total. The first-order valence-electron chi connectivity index (χ1n) is 5.94. The fourth-order valence-corrected chi connectivity index (χ4v) is 2.04. The average molecular weight is 291 g/mol. The van der Waals surface area contributed by atoms with Crippen LogP contribution < -0.4 is 10.9 Å². The van der Waals surface area contributed by atoms with E-state index in [-0.39, 0.29) is 11.6 Å². The van der Waals surface area contributed by atoms with Crippen molar-refractivity contribution in [3.63, 3.8) is 0 Å². The largest absolute Gasteiger partial charge is 0.461 e. The van der Waals surface area contributed by atoms with Gasteiger partial charge in [-0.2, -0.15) is 0 Å². The Morgan fingerprint density at radius 3 is 2.75 bits per heavy atom. The summed E-state index contributed by atoms with van der Waals surface area (Å²) in [7, 11) is 0. The highest BCUT2D eigenvalue weighted by molar-refractivity contribution is 7.13. The molecular weight excluding hydrogens is 278 g/mol. The van der Waals surface area contributed by atoms with Gasteiger partial charge in [-0.25, -0.2) is 9.78 Å². The average Bonchev–Trinajstić information content (AvgIpc) is 2.95. The van der Waals surface area contributed by atoms with E-state index in [2.05, 4.69) is 15.8 Å². The summed E-state index contributed by atoms with van der Waals surface area (Å²) in [5.74, 6) is -0.760. The Morgan fingerprint density at radius 1 is 1.30 bits per heavy atom. The van der Waals surface area contributed by atoms with Gasteiger partial charge in [0.15, 0.2) is 5.69 Å². The lowest BCUT2D eigenvalue weighted by Crippen LogP contribution is -2.29. The second kappa shape index (κ2) is 6.67. The highest BCUT2D eigenvalue weighted by Gasteiger charge is 2.12. The van der Waals surface area contributed by atoms with Gasteiger partial charge in [0.05, 0.1) is 6.61 Å². The van der Waals surface area contributed by atoms with Crippen molar-refractivity contribution < 1.29 is 14.3 Å². The summed E-state index contributed by atoms with van der Waals surface area (Å²) in [4.78, 5) is 27.2. The van der Waals surface area contributed by atoms with Crippen LogP contribution in [0.1, 0.15) is 27.8 Å². The number of thiazole rings is 1. The van der Waals surface area contributed by atoms with Gasteiger partial charge in [-0.05, 0) is 19.1 Å². The van der Waals surface area contributed by atoms with Gasteiger partial charge >= 0.3 is 5.97 Å². The van der Waals surface area contributed by atoms with Crippen LogP contribution in [0.25, 0.3) is 0 Å². The Hall–Kier alpha value is -2.41. The van der Waals surface area contributed by atoms with Crippen molar-refractivity contribution in [2.45, 2.75) is 6.92 Å². The zero-order valence-electron chi connectivity index (χ0n) is 10.8. The van der Waals surface area contributed by atoms with Crippen LogP contribution in [0.4, 0.5) is 5.13 Å². The van der Waals surface area contributed by atoms with Gasteiger partial charge in [0.25, 0.3) is 5.91 Å². The fraction of sp³-hybridized carbons (Fsp3) is 0.154. The fourth-order valence-electron chi connectivity index (χ4n) is 1.40. The number of nitrogens with zero attached hydrogens (tertiary/aromatic N) is 1. The maximum absolute atomic E-state index is 11.8. The topological polar surface area (TPSA) is 80.3 Å². The number of rotatable bonds is 5. The minimum atomic E-state index is -0.480. The standard InChI is InChI=1S/C13H13N3O3S/c1-2-19-12(18)10-8-20-13(14-10)16-15-11(17)9-6-4-3-5-7-9/h3-8H,2H2,1H3,(H,14,16)(H,15,17). The molecule has 1 amide bonds. The first kappa shape index (κ1) is 14.0. The molecule has 2 rings (SSSR count). The summed E-state index contributed by atoms with van der Waals surface area (Å²) in [6.45, 7) is 2.02. The highest BCUT2D eigenvalue weighted by atomic mass is 32.1. The molecular formula is C13H13N3O3S. The number of ether oxygens (including phenoxy) is 1. The second-order valence-electron chi connectivity index (χ2n) is 3.70. The SMILES string of the molecule is CCOC(=O)c1csc(NNC(=O)c2ccccc2)n1. The molecule has 2 aromatic rings. The van der Waals surface area contributed by atoms with Crippen LogP contribution in [0.5, 0.6) is 0 Å². The lowest BCUT2D eigenvalue weighted by atomic mass is 10.2. The molecule has 0 unspecified atom stereocenters. The lowest BCUT2D eigenvalue weighted by molar-refractivity contribution is 0.0520. The Kier molecular flexibility index (Phi) is 4.67. The normalized spacial score (nSPS) is 9.85. The van der Waals surface area contributed by atoms with Crippen molar-refractivity contribution in [1.82, 2.24) is 10.4 Å². The van der Waals surface area contributed by atoms with Crippen molar-refractivity contribution in [1.29, 1.82) is 0 Å². The number of amides is 1. The number of nitrogens with one attached hydrogen (secondary N) is 2. The zero-order valence-corrected chi connectivity index (χ0v) is 11.6. The summed E-state index contributed by atoms with van der Waals surface area (Å²) in [5.41, 5.74) is 5.91. The van der Waals surface area contributed by atoms with Crippen LogP contribution >= 0.6 is 11.3 Å². The number of hydrazine groups is 1. The predicted octanol–water partition coefficient (Wildman–Crippen LogP) is 2.08. The van der Waals surface area contributed by atoms with Crippen molar-refractivity contribution in [2.24, 2.45) is 0 Å². The first-order valence-corrected chi connectivity index (χ1v) is 6.82. The number of anilines is 1. The van der Waals surface area contributed by atoms with Crippen LogP contribution in [0.15, 0.2) is 35.7 Å². The lowest BCUT2D eigenvalue weighted by Gasteiger charge is -2.04. The van der Waals surface area contributed by atoms with Gasteiger partial charge < -0.3 is 4.74 Å². The molecule has 0 spiro atoms. The maximum Gasteiger partial charge on any atom is 0.357 e. The van der Waals surface area contributed by atoms with Gasteiger partial charge in [-0.1, -0.05) is 18.2 Å². The molecule has 0 atom stereocenters. The second-order valence-corrected chi connectivity index (χ2v) is 4.56. The van der Waals surface area contributed by atoms with Crippen LogP contribution in [0.2, 0.25) is 0 Å². The minimum absolute atomic E-state index is 0.216. The maximum atomic E-state index is 11.8. The Morgan fingerprint density at radius 2 is 2.05 bits per heavy atom. The van der Waals surface area contributed by atoms with Crippen molar-refractivity contribution in [3.05, 3.63) is 47.0 Å². The van der Waals surface area contributed by atoms with E-state index < -0.39 is 5.97 Å². The molecule has 0 radical (unpaired) electrons. The molecule has 20 heavy (non-hydrogen) atoms. The first-order chi connectivity index (χ1) is 9.70. The number of esters is 1. The van der Waals surface area contributed by atoms with Gasteiger partial charge in [0, 0.05) is 10.9 Å². The Balaban J connectivity index is 1.92. The quantitative estimate of drug-likeness (QED) is 0.651. The minimum Gasteiger partial charge on any atom is -0.461 e. The molecule has 1 aromatic heterocycles. The van der Waals surface area contributed by atoms with E-state index >= 15 is 0 Å². The number of carbonyl (C=O) groups excluding carboxylic acids is 2. The van der Waals surface area contributed by atoms with Crippen molar-refractivity contribution >= 4 is 28.3 Å². The van der Waals surface area contributed by atoms with Crippen LogP contribution in [0, 0.1) is 0 Å². The van der Waals surface area contributed by atoms with E-state index in [4.69, 9.17) is 4.74 Å². The van der Waals surface area contributed by atoms with E-state index in [1.54, 1.807) is 36.6 Å². The number of hydrogen-bond acceptors (Lipinski definition) is 6. The molecule has 0 saturated heterocycles. The molecule has 104 valence electrons. The van der Waals surface area contributed by atoms with Crippen LogP contribution in [-0.2, 0) is 4.74 Å². The zero-order chi connectivity index (χ0) is 14.4. The van der Waals surface area contributed by atoms with E-state index in [0.717, 1.165) is 0 Å². The molecule has 1 heterocycles. The van der Waals surface area contributed by atoms with Crippen molar-refractivity contribution in [2.75, 3.05) is 12.0 Å².